The van der Waals surface area contributed by atoms with Gasteiger partial charge in [-0.15, -0.1) is 12.1 Å². The molecule has 0 amide bonds. The van der Waals surface area contributed by atoms with Crippen molar-refractivity contribution in [3.8, 4) is 12.1 Å². The summed E-state index contributed by atoms with van der Waals surface area (Å²) in [6, 6.07) is 18.7. The summed E-state index contributed by atoms with van der Waals surface area (Å²) in [5, 5.41) is 24.7. The van der Waals surface area contributed by atoms with Crippen molar-refractivity contribution in [3.05, 3.63) is 103 Å². The normalized spacial score (nSPS) is 8.77. The molecule has 0 aliphatic rings. The van der Waals surface area contributed by atoms with Gasteiger partial charge in [0.1, 0.15) is 25.3 Å². The first-order chi connectivity index (χ1) is 14.1. The van der Waals surface area contributed by atoms with Crippen molar-refractivity contribution in [2.45, 2.75) is 6.54 Å². The van der Waals surface area contributed by atoms with Crippen LogP contribution in [0.3, 0.4) is 0 Å². The summed E-state index contributed by atoms with van der Waals surface area (Å²) in [6.07, 6.45) is 6.31. The van der Waals surface area contributed by atoms with Crippen LogP contribution in [0.1, 0.15) is 22.3 Å². The van der Waals surface area contributed by atoms with E-state index in [1.54, 1.807) is 46.3 Å². The number of aryl methyl sites for hydroxylation is 1. The van der Waals surface area contributed by atoms with E-state index in [-0.39, 0.29) is 32.7 Å². The van der Waals surface area contributed by atoms with Crippen LogP contribution in [0.5, 0.6) is 0 Å². The van der Waals surface area contributed by atoms with Crippen LogP contribution in [0.15, 0.2) is 73.8 Å². The summed E-state index contributed by atoms with van der Waals surface area (Å²) < 4.78 is 3.38. The van der Waals surface area contributed by atoms with Gasteiger partial charge in [0, 0.05) is 45.3 Å². The summed E-state index contributed by atoms with van der Waals surface area (Å²) >= 11 is 0. The number of hydrogen-bond acceptors (Lipinski definition) is 6. The van der Waals surface area contributed by atoms with Crippen molar-refractivity contribution < 1.29 is 32.7 Å². The zero-order valence-corrected chi connectivity index (χ0v) is 19.3. The Balaban J connectivity index is 0.000000242. The fourth-order valence-electron chi connectivity index (χ4n) is 2.03. The van der Waals surface area contributed by atoms with E-state index < -0.39 is 0 Å². The van der Waals surface area contributed by atoms with E-state index in [2.05, 4.69) is 33.2 Å². The van der Waals surface area contributed by atoms with E-state index >= 15 is 0 Å². The van der Waals surface area contributed by atoms with Gasteiger partial charge >= 0.3 is 0 Å². The molecular weight excluding hydrogens is 453 g/mol. The number of rotatable bonds is 2. The standard InChI is InChI=1S/C10H8N4.C8H6N.C3H5N3.Y/c11-5-9-1-3-10(4-2-9)6-14-8-12-7-13-14;1-7-2-4-8(6-9)5-3-7;1-6-3-4-2-5-6;/h1-4,7-8H,6H2;2-5H,1H2;2-3H,1H3;/q;-1;;. The molecule has 1 radical (unpaired) electrons. The molecule has 2 aromatic carbocycles. The molecule has 2 aromatic heterocycles. The molecule has 8 nitrogen and oxygen atoms in total. The van der Waals surface area contributed by atoms with Crippen molar-refractivity contribution in [3.63, 3.8) is 0 Å². The summed E-state index contributed by atoms with van der Waals surface area (Å²) in [5.41, 5.74) is 3.40. The molecule has 0 fully saturated rings. The predicted octanol–water partition coefficient (Wildman–Crippen LogP) is 2.75. The molecule has 0 saturated carbocycles. The Kier molecular flexibility index (Phi) is 11.4. The van der Waals surface area contributed by atoms with Gasteiger partial charge in [0.15, 0.2) is 0 Å². The Morgan fingerprint density at radius 2 is 1.37 bits per heavy atom. The Hall–Kier alpha value is -3.33. The fourth-order valence-corrected chi connectivity index (χ4v) is 2.03. The van der Waals surface area contributed by atoms with Gasteiger partial charge in [-0.25, -0.2) is 14.6 Å². The number of benzene rings is 2. The minimum Gasteiger partial charge on any atom is -0.256 e. The molecule has 30 heavy (non-hydrogen) atoms. The van der Waals surface area contributed by atoms with E-state index in [9.17, 15) is 0 Å². The summed E-state index contributed by atoms with van der Waals surface area (Å²) in [5.74, 6) is 0. The number of nitrogens with zero attached hydrogens (tertiary/aromatic N) is 8. The van der Waals surface area contributed by atoms with Gasteiger partial charge in [0.05, 0.1) is 24.2 Å². The summed E-state index contributed by atoms with van der Waals surface area (Å²) in [7, 11) is 1.83. The minimum atomic E-state index is 0. The molecule has 147 valence electrons. The van der Waals surface area contributed by atoms with E-state index in [1.165, 1.54) is 12.7 Å². The molecule has 0 aliphatic heterocycles. The largest absolute Gasteiger partial charge is 0.256 e. The molecule has 0 unspecified atom stereocenters. The van der Waals surface area contributed by atoms with Gasteiger partial charge < -0.3 is 0 Å². The Morgan fingerprint density at radius 3 is 1.77 bits per heavy atom. The zero-order valence-electron chi connectivity index (χ0n) is 16.5. The SMILES string of the molecule is Cn1cncn1.N#Cc1ccc(Cn2cncn2)cc1.[CH2-]c1ccc(C#N)cc1.[Y]. The molecular formula is C21H19N8Y-. The topological polar surface area (TPSA) is 109 Å². The molecule has 0 atom stereocenters. The van der Waals surface area contributed by atoms with Crippen molar-refractivity contribution in [1.82, 2.24) is 29.5 Å². The summed E-state index contributed by atoms with van der Waals surface area (Å²) in [4.78, 5) is 7.53. The molecule has 2 heterocycles. The second-order valence-electron chi connectivity index (χ2n) is 5.78. The maximum absolute atomic E-state index is 8.61. The van der Waals surface area contributed by atoms with Crippen LogP contribution in [0.4, 0.5) is 0 Å². The van der Waals surface area contributed by atoms with Crippen LogP contribution in [-0.2, 0) is 46.3 Å². The van der Waals surface area contributed by atoms with Gasteiger partial charge in [0.25, 0.3) is 0 Å². The van der Waals surface area contributed by atoms with E-state index in [4.69, 9.17) is 10.5 Å². The monoisotopic (exact) mass is 472 g/mol. The van der Waals surface area contributed by atoms with Crippen molar-refractivity contribution >= 4 is 0 Å². The van der Waals surface area contributed by atoms with Gasteiger partial charge in [-0.1, -0.05) is 12.1 Å². The second kappa shape index (κ2) is 13.8. The van der Waals surface area contributed by atoms with Gasteiger partial charge in [-0.05, 0) is 17.7 Å². The maximum atomic E-state index is 8.61. The molecule has 0 N–H and O–H groups in total. The third-order valence-corrected chi connectivity index (χ3v) is 3.51. The van der Waals surface area contributed by atoms with E-state index in [0.717, 1.165) is 11.1 Å². The third kappa shape index (κ3) is 9.25. The molecule has 4 rings (SSSR count). The van der Waals surface area contributed by atoms with Crippen LogP contribution in [-0.4, -0.2) is 29.5 Å². The van der Waals surface area contributed by atoms with Gasteiger partial charge in [0.2, 0.25) is 0 Å². The van der Waals surface area contributed by atoms with Crippen molar-refractivity contribution in [2.24, 2.45) is 7.05 Å². The number of hydrogen-bond donors (Lipinski definition) is 0. The van der Waals surface area contributed by atoms with Crippen LogP contribution in [0, 0.1) is 29.6 Å². The first-order valence-electron chi connectivity index (χ1n) is 8.53. The zero-order chi connectivity index (χ0) is 20.9. The predicted molar refractivity (Wildman–Crippen MR) is 107 cm³/mol. The van der Waals surface area contributed by atoms with Crippen LogP contribution >= 0.6 is 0 Å². The molecule has 0 bridgehead atoms. The third-order valence-electron chi connectivity index (χ3n) is 3.51. The molecule has 0 spiro atoms. The first kappa shape index (κ1) is 24.7. The molecule has 4 aromatic rings. The molecule has 0 saturated heterocycles. The maximum Gasteiger partial charge on any atom is 0.137 e. The average Bonchev–Trinajstić information content (AvgIpc) is 3.44. The minimum absolute atomic E-state index is 0. The number of nitriles is 2. The van der Waals surface area contributed by atoms with Gasteiger partial charge in [-0.2, -0.15) is 45.3 Å². The second-order valence-corrected chi connectivity index (χ2v) is 5.78. The first-order valence-corrected chi connectivity index (χ1v) is 8.53. The summed E-state index contributed by atoms with van der Waals surface area (Å²) in [6.45, 7) is 4.37. The fraction of sp³-hybridized carbons (Fsp3) is 0.0952. The molecule has 9 heteroatoms. The van der Waals surface area contributed by atoms with Gasteiger partial charge in [-0.3, -0.25) is 4.68 Å². The van der Waals surface area contributed by atoms with E-state index in [1.807, 2.05) is 37.4 Å². The smallest absolute Gasteiger partial charge is 0.137 e. The van der Waals surface area contributed by atoms with Crippen LogP contribution < -0.4 is 0 Å². The Labute approximate surface area is 200 Å². The van der Waals surface area contributed by atoms with Crippen molar-refractivity contribution in [1.29, 1.82) is 10.5 Å². The quantitative estimate of drug-likeness (QED) is 0.415. The van der Waals surface area contributed by atoms with E-state index in [0.29, 0.717) is 17.7 Å². The van der Waals surface area contributed by atoms with Crippen LogP contribution in [0.25, 0.3) is 0 Å². The average molecular weight is 472 g/mol. The Morgan fingerprint density at radius 1 is 0.833 bits per heavy atom. The van der Waals surface area contributed by atoms with Crippen molar-refractivity contribution in [2.75, 3.05) is 0 Å². The Bertz CT molecular complexity index is 1040. The molecule has 0 aliphatic carbocycles. The number of aromatic nitrogens is 6. The van der Waals surface area contributed by atoms with Crippen LogP contribution in [0.2, 0.25) is 0 Å².